The maximum Gasteiger partial charge on any atom is 0.328 e. The summed E-state index contributed by atoms with van der Waals surface area (Å²) in [6, 6.07) is 9.69. The number of nitrogens with one attached hydrogen (secondary N) is 1. The first kappa shape index (κ1) is 21.3. The van der Waals surface area contributed by atoms with Crippen LogP contribution >= 0.6 is 11.8 Å². The van der Waals surface area contributed by atoms with Crippen LogP contribution in [0, 0.1) is 17.7 Å². The number of methoxy groups -OCH3 is 1. The van der Waals surface area contributed by atoms with E-state index in [1.807, 2.05) is 6.26 Å². The Morgan fingerprint density at radius 2 is 1.93 bits per heavy atom. The van der Waals surface area contributed by atoms with Gasteiger partial charge in [0.2, 0.25) is 0 Å². The van der Waals surface area contributed by atoms with Gasteiger partial charge in [-0.05, 0) is 60.9 Å². The normalized spacial score (nSPS) is 11.1. The molecule has 1 amide bonds. The average molecular weight is 400 g/mol. The van der Waals surface area contributed by atoms with Gasteiger partial charge in [0.1, 0.15) is 11.9 Å². The van der Waals surface area contributed by atoms with Gasteiger partial charge in [0.25, 0.3) is 5.91 Å². The molecule has 0 bridgehead atoms. The predicted molar refractivity (Wildman–Crippen MR) is 110 cm³/mol. The van der Waals surface area contributed by atoms with Crippen LogP contribution in [-0.2, 0) is 9.53 Å². The number of esters is 1. The smallest absolute Gasteiger partial charge is 0.328 e. The Labute approximate surface area is 167 Å². The lowest BCUT2D eigenvalue weighted by Gasteiger charge is -2.16. The number of hydrogen-bond acceptors (Lipinski definition) is 5. The van der Waals surface area contributed by atoms with Gasteiger partial charge in [0.05, 0.1) is 12.7 Å². The summed E-state index contributed by atoms with van der Waals surface area (Å²) in [4.78, 5) is 24.7. The van der Waals surface area contributed by atoms with Crippen LogP contribution in [0.5, 0.6) is 0 Å². The van der Waals surface area contributed by atoms with E-state index in [4.69, 9.17) is 10.5 Å². The van der Waals surface area contributed by atoms with Crippen molar-refractivity contribution in [3.05, 3.63) is 65.0 Å². The van der Waals surface area contributed by atoms with E-state index >= 15 is 0 Å². The summed E-state index contributed by atoms with van der Waals surface area (Å²) >= 11 is 1.57. The molecule has 0 unspecified atom stereocenters. The van der Waals surface area contributed by atoms with Gasteiger partial charge >= 0.3 is 5.97 Å². The maximum absolute atomic E-state index is 13.0. The molecule has 0 aromatic heterocycles. The third-order valence-electron chi connectivity index (χ3n) is 3.88. The molecule has 0 radical (unpaired) electrons. The molecule has 1 atom stereocenters. The van der Waals surface area contributed by atoms with Crippen molar-refractivity contribution >= 4 is 29.3 Å². The molecule has 0 heterocycles. The predicted octanol–water partition coefficient (Wildman–Crippen LogP) is 2.83. The quantitative estimate of drug-likeness (QED) is 0.443. The number of ether oxygens (including phenoxy) is 1. The Morgan fingerprint density at radius 3 is 2.57 bits per heavy atom. The van der Waals surface area contributed by atoms with E-state index in [0.717, 1.165) is 0 Å². The number of anilines is 1. The summed E-state index contributed by atoms with van der Waals surface area (Å²) in [5.74, 6) is 5.17. The zero-order valence-electron chi connectivity index (χ0n) is 15.6. The van der Waals surface area contributed by atoms with Crippen LogP contribution < -0.4 is 11.1 Å². The molecule has 0 saturated carbocycles. The minimum atomic E-state index is -0.750. The molecule has 0 aliphatic rings. The molecule has 2 aromatic carbocycles. The Morgan fingerprint density at radius 1 is 1.21 bits per heavy atom. The number of nitrogen functional groups attached to an aromatic ring is 1. The molecule has 2 aromatic rings. The van der Waals surface area contributed by atoms with Gasteiger partial charge in [-0.2, -0.15) is 11.8 Å². The highest BCUT2D eigenvalue weighted by atomic mass is 32.2. The van der Waals surface area contributed by atoms with Gasteiger partial charge in [-0.3, -0.25) is 4.79 Å². The molecule has 7 heteroatoms. The van der Waals surface area contributed by atoms with Gasteiger partial charge in [0, 0.05) is 16.8 Å². The molecular formula is C21H21FN2O3S. The summed E-state index contributed by atoms with van der Waals surface area (Å²) in [6.45, 7) is 0. The van der Waals surface area contributed by atoms with E-state index in [1.165, 1.54) is 19.2 Å². The number of rotatable bonds is 6. The number of carbonyl (C=O) groups is 2. The molecule has 146 valence electrons. The molecule has 0 spiro atoms. The lowest BCUT2D eigenvalue weighted by Crippen LogP contribution is -2.42. The van der Waals surface area contributed by atoms with Crippen molar-refractivity contribution in [3.8, 4) is 11.8 Å². The van der Waals surface area contributed by atoms with Crippen molar-refractivity contribution in [1.82, 2.24) is 5.32 Å². The number of hydrogen-bond donors (Lipinski definition) is 2. The lowest BCUT2D eigenvalue weighted by molar-refractivity contribution is -0.142. The van der Waals surface area contributed by atoms with E-state index < -0.39 is 17.9 Å². The van der Waals surface area contributed by atoms with Crippen LogP contribution in [0.4, 0.5) is 10.1 Å². The Kier molecular flexibility index (Phi) is 7.90. The first-order valence-electron chi connectivity index (χ1n) is 8.49. The summed E-state index contributed by atoms with van der Waals surface area (Å²) in [7, 11) is 1.28. The summed E-state index contributed by atoms with van der Waals surface area (Å²) < 4.78 is 17.8. The number of halogens is 1. The van der Waals surface area contributed by atoms with E-state index in [1.54, 1.807) is 42.1 Å². The van der Waals surface area contributed by atoms with Crippen LogP contribution in [0.15, 0.2) is 42.5 Å². The monoisotopic (exact) mass is 400 g/mol. The van der Waals surface area contributed by atoms with E-state index in [0.29, 0.717) is 34.6 Å². The van der Waals surface area contributed by atoms with Gasteiger partial charge in [-0.15, -0.1) is 0 Å². The fraction of sp³-hybridized carbons (Fsp3) is 0.238. The highest BCUT2D eigenvalue weighted by Crippen LogP contribution is 2.14. The molecule has 0 aliphatic heterocycles. The van der Waals surface area contributed by atoms with Crippen LogP contribution in [0.3, 0.4) is 0 Å². The third-order valence-corrected chi connectivity index (χ3v) is 4.52. The van der Waals surface area contributed by atoms with Gasteiger partial charge in [0.15, 0.2) is 0 Å². The van der Waals surface area contributed by atoms with Gasteiger partial charge in [-0.1, -0.05) is 11.8 Å². The van der Waals surface area contributed by atoms with Crippen molar-refractivity contribution in [3.63, 3.8) is 0 Å². The second-order valence-electron chi connectivity index (χ2n) is 5.89. The topological polar surface area (TPSA) is 81.4 Å². The van der Waals surface area contributed by atoms with Crippen LogP contribution in [0.25, 0.3) is 0 Å². The van der Waals surface area contributed by atoms with Gasteiger partial charge in [-0.25, -0.2) is 9.18 Å². The maximum atomic E-state index is 13.0. The summed E-state index contributed by atoms with van der Waals surface area (Å²) in [6.07, 6.45) is 2.37. The van der Waals surface area contributed by atoms with E-state index in [-0.39, 0.29) is 5.82 Å². The molecule has 2 rings (SSSR count). The zero-order valence-corrected chi connectivity index (χ0v) is 16.4. The molecule has 0 saturated heterocycles. The van der Waals surface area contributed by atoms with E-state index in [2.05, 4.69) is 17.2 Å². The average Bonchev–Trinajstić information content (AvgIpc) is 2.70. The number of amides is 1. The standard InChI is InChI=1S/C21H21FN2O3S/c1-27-21(26)19(11-12-28-2)24-20(25)18-10-9-17(23)13-15(18)6-3-14-4-7-16(22)8-5-14/h4-5,7-10,13,19H,11-12,23H2,1-2H3,(H,24,25)/t19-/m0/s1. The highest BCUT2D eigenvalue weighted by Gasteiger charge is 2.22. The van der Waals surface area contributed by atoms with E-state index in [9.17, 15) is 14.0 Å². The first-order valence-corrected chi connectivity index (χ1v) is 9.88. The first-order chi connectivity index (χ1) is 13.4. The Bertz CT molecular complexity index is 904. The van der Waals surface area contributed by atoms with Crippen molar-refractivity contribution in [2.24, 2.45) is 0 Å². The van der Waals surface area contributed by atoms with Crippen LogP contribution in [0.2, 0.25) is 0 Å². The molecular weight excluding hydrogens is 379 g/mol. The second kappa shape index (κ2) is 10.4. The molecule has 28 heavy (non-hydrogen) atoms. The number of carbonyl (C=O) groups excluding carboxylic acids is 2. The molecule has 3 N–H and O–H groups in total. The summed E-state index contributed by atoms with van der Waals surface area (Å²) in [5.41, 5.74) is 7.58. The Balaban J connectivity index is 2.28. The third kappa shape index (κ3) is 6.03. The van der Waals surface area contributed by atoms with Crippen molar-refractivity contribution < 1.29 is 18.7 Å². The minimum Gasteiger partial charge on any atom is -0.467 e. The van der Waals surface area contributed by atoms with Crippen molar-refractivity contribution in [2.45, 2.75) is 12.5 Å². The fourth-order valence-electron chi connectivity index (χ4n) is 2.40. The van der Waals surface area contributed by atoms with Crippen LogP contribution in [-0.4, -0.2) is 37.0 Å². The Hall–Kier alpha value is -2.98. The SMILES string of the molecule is COC(=O)[C@H](CCSC)NC(=O)c1ccc(N)cc1C#Cc1ccc(F)cc1. The second-order valence-corrected chi connectivity index (χ2v) is 6.88. The van der Waals surface area contributed by atoms with Gasteiger partial charge < -0.3 is 15.8 Å². The fourth-order valence-corrected chi connectivity index (χ4v) is 2.87. The summed E-state index contributed by atoms with van der Waals surface area (Å²) in [5, 5.41) is 2.70. The van der Waals surface area contributed by atoms with Crippen molar-refractivity contribution in [1.29, 1.82) is 0 Å². The number of benzene rings is 2. The minimum absolute atomic E-state index is 0.293. The number of thioether (sulfide) groups is 1. The largest absolute Gasteiger partial charge is 0.467 e. The number of nitrogens with two attached hydrogens (primary N) is 1. The van der Waals surface area contributed by atoms with Crippen LogP contribution in [0.1, 0.15) is 27.9 Å². The van der Waals surface area contributed by atoms with Crippen molar-refractivity contribution in [2.75, 3.05) is 24.9 Å². The zero-order chi connectivity index (χ0) is 20.5. The molecule has 0 fully saturated rings. The molecule has 0 aliphatic carbocycles. The molecule has 5 nitrogen and oxygen atoms in total. The highest BCUT2D eigenvalue weighted by molar-refractivity contribution is 7.98. The lowest BCUT2D eigenvalue weighted by atomic mass is 10.0.